The zero-order valence-electron chi connectivity index (χ0n) is 72.7. The lowest BCUT2D eigenvalue weighted by molar-refractivity contribution is 0.660. The summed E-state index contributed by atoms with van der Waals surface area (Å²) < 4.78 is 12.2. The molecule has 0 saturated carbocycles. The van der Waals surface area contributed by atoms with Gasteiger partial charge in [0.25, 0.3) is 0 Å². The molecule has 6 heterocycles. The van der Waals surface area contributed by atoms with E-state index in [-0.39, 0.29) is 16.2 Å². The molecule has 19 aromatic carbocycles. The Morgan fingerprint density at radius 1 is 0.177 bits per heavy atom. The highest BCUT2D eigenvalue weighted by molar-refractivity contribution is 6.18. The van der Waals surface area contributed by atoms with Gasteiger partial charge in [0.1, 0.15) is 0 Å². The molecule has 3 aliphatic carbocycles. The van der Waals surface area contributed by atoms with Gasteiger partial charge in [-0.3, -0.25) is 4.57 Å². The first-order valence-electron chi connectivity index (χ1n) is 45.5. The van der Waals surface area contributed by atoms with E-state index < -0.39 is 0 Å². The van der Waals surface area contributed by atoms with E-state index in [9.17, 15) is 0 Å². The second kappa shape index (κ2) is 26.5. The largest absolute Gasteiger partial charge is 0.309 e. The molecule has 610 valence electrons. The SMILES string of the molecule is CC1(C)c2ccccc2-c2ccc(-n3c4ccccc4c4cc(-c5ccc6c(c5)c5ccccc5n6-c5ccc6c(ccc7c(-c8ccccc8)nc(-n8c9ccc(-c%10ccc%11c(c%10)c%10ccccc%10n%11-c%10ccc%11c(c%10)C(C)(C)c%10ccccc%10-%11)cc9c9cc(-c%10ccc%11c(c%10)c%10ccccc%10n%11-c%10ccc%11c(c%10)C(C)(C)c%10ccccc%10-%11)ccc98)nc76)c5)ccc43)cc21. The molecule has 7 nitrogen and oxygen atoms in total. The first kappa shape index (κ1) is 73.0. The first-order valence-corrected chi connectivity index (χ1v) is 45.5. The highest BCUT2D eigenvalue weighted by Crippen LogP contribution is 2.55. The lowest BCUT2D eigenvalue weighted by Crippen LogP contribution is -2.15. The number of aromatic nitrogens is 7. The number of rotatable bonds is 9. The Bertz CT molecular complexity index is 9070. The van der Waals surface area contributed by atoms with Crippen molar-refractivity contribution in [2.75, 3.05) is 0 Å². The quantitative estimate of drug-likeness (QED) is 0.135. The molecule has 7 heteroatoms. The predicted octanol–water partition coefficient (Wildman–Crippen LogP) is 31.9. The van der Waals surface area contributed by atoms with E-state index in [0.29, 0.717) is 5.95 Å². The molecule has 0 saturated heterocycles. The van der Waals surface area contributed by atoms with Crippen molar-refractivity contribution < 1.29 is 0 Å². The molecule has 3 aliphatic rings. The van der Waals surface area contributed by atoms with E-state index >= 15 is 0 Å². The van der Waals surface area contributed by atoms with Crippen LogP contribution in [0.25, 0.3) is 237 Å². The average molecular weight is 1660 g/mol. The Kier molecular flexibility index (Phi) is 14.9. The highest BCUT2D eigenvalue weighted by Gasteiger charge is 2.39. The van der Waals surface area contributed by atoms with Gasteiger partial charge in [-0.15, -0.1) is 0 Å². The average Bonchev–Trinajstić information content (AvgIpc) is 1.49. The van der Waals surface area contributed by atoms with Crippen LogP contribution in [0.2, 0.25) is 0 Å². The molecule has 0 aliphatic heterocycles. The van der Waals surface area contributed by atoms with Crippen LogP contribution in [0.4, 0.5) is 0 Å². The third-order valence-electron chi connectivity index (χ3n) is 30.1. The summed E-state index contributed by atoms with van der Waals surface area (Å²) >= 11 is 0. The molecule has 28 rings (SSSR count). The van der Waals surface area contributed by atoms with Gasteiger partial charge in [0.05, 0.1) is 66.4 Å². The van der Waals surface area contributed by atoms with E-state index in [1.807, 2.05) is 0 Å². The van der Waals surface area contributed by atoms with Crippen molar-refractivity contribution in [3.8, 4) is 107 Å². The molecule has 0 N–H and O–H groups in total. The van der Waals surface area contributed by atoms with Crippen LogP contribution in [-0.4, -0.2) is 32.8 Å². The standard InChI is InChI=1S/C123H83N7/c1-121(2)102-33-17-10-26-85(102)88-53-48-81(69-105(88)121)127-109-37-21-14-30-92(109)97-64-74(42-57-113(97)127)73-41-56-112-96(63-73)91-29-13-20-36-108(91)126(112)80-47-52-84-79(62-80)40-51-95-118(72-24-8-7-9-25-72)124-120(125-119(84)95)130-116-60-45-77(75-43-58-114-98(65-75)93-31-15-22-38-110(93)128(114)82-49-54-89-86-27-11-18-34-103(86)122(3,4)106(89)70-82)67-100(116)101-68-78(46-61-117(101)130)76-44-59-115-99(66-76)94-32-16-23-39-111(94)129(115)83-50-55-90-87-28-12-19-35-104(87)123(5,6)107(90)71-83/h7-71H,1-6H3. The fourth-order valence-corrected chi connectivity index (χ4v) is 23.8. The molecule has 0 unspecified atom stereocenters. The summed E-state index contributed by atoms with van der Waals surface area (Å²) in [7, 11) is 0. The third-order valence-corrected chi connectivity index (χ3v) is 30.1. The number of benzene rings is 19. The van der Waals surface area contributed by atoms with Crippen LogP contribution in [0.15, 0.2) is 394 Å². The van der Waals surface area contributed by atoms with E-state index in [2.05, 4.69) is 459 Å². The topological polar surface area (TPSA) is 50.4 Å². The zero-order valence-corrected chi connectivity index (χ0v) is 72.7. The van der Waals surface area contributed by atoms with Crippen LogP contribution in [0.5, 0.6) is 0 Å². The predicted molar refractivity (Wildman–Crippen MR) is 543 cm³/mol. The zero-order chi connectivity index (χ0) is 86.1. The van der Waals surface area contributed by atoms with Crippen molar-refractivity contribution in [2.45, 2.75) is 57.8 Å². The summed E-state index contributed by atoms with van der Waals surface area (Å²) in [5.74, 6) is 0.600. The maximum Gasteiger partial charge on any atom is 0.235 e. The van der Waals surface area contributed by atoms with Gasteiger partial charge in [-0.05, 0) is 257 Å². The fourth-order valence-electron chi connectivity index (χ4n) is 23.8. The van der Waals surface area contributed by atoms with Gasteiger partial charge in [-0.25, -0.2) is 9.97 Å². The Labute approximate surface area is 750 Å². The number of nitrogens with zero attached hydrogens (tertiary/aromatic N) is 7. The molecule has 6 aromatic heterocycles. The highest BCUT2D eigenvalue weighted by atomic mass is 15.2. The molecular formula is C123H83N7. The summed E-state index contributed by atoms with van der Waals surface area (Å²) in [6.45, 7) is 14.2. The van der Waals surface area contributed by atoms with Crippen molar-refractivity contribution in [2.24, 2.45) is 0 Å². The summed E-state index contributed by atoms with van der Waals surface area (Å²) in [6, 6.07) is 148. The molecular weight excluding hydrogens is 1580 g/mol. The van der Waals surface area contributed by atoms with Crippen LogP contribution < -0.4 is 0 Å². The third kappa shape index (κ3) is 10.1. The summed E-state index contributed by atoms with van der Waals surface area (Å²) in [5.41, 5.74) is 41.4. The molecule has 25 aromatic rings. The van der Waals surface area contributed by atoms with Gasteiger partial charge in [0.2, 0.25) is 5.95 Å². The number of hydrogen-bond acceptors (Lipinski definition) is 2. The lowest BCUT2D eigenvalue weighted by Gasteiger charge is -2.22. The number of fused-ring (bicyclic) bond motifs is 27. The molecule has 0 atom stereocenters. The smallest absolute Gasteiger partial charge is 0.235 e. The van der Waals surface area contributed by atoms with Gasteiger partial charge in [0.15, 0.2) is 0 Å². The van der Waals surface area contributed by atoms with Crippen LogP contribution in [0.1, 0.15) is 74.9 Å². The van der Waals surface area contributed by atoms with Gasteiger partial charge < -0.3 is 18.3 Å². The van der Waals surface area contributed by atoms with Crippen LogP contribution in [0.3, 0.4) is 0 Å². The minimum atomic E-state index is -0.140. The van der Waals surface area contributed by atoms with E-state index in [4.69, 9.17) is 9.97 Å². The molecule has 0 spiro atoms. The minimum Gasteiger partial charge on any atom is -0.309 e. The second-order valence-electron chi connectivity index (χ2n) is 37.9. The normalized spacial score (nSPS) is 14.0. The Morgan fingerprint density at radius 3 is 0.815 bits per heavy atom. The lowest BCUT2D eigenvalue weighted by atomic mass is 9.82. The maximum atomic E-state index is 5.90. The first-order chi connectivity index (χ1) is 63.7. The van der Waals surface area contributed by atoms with Crippen molar-refractivity contribution >= 4 is 131 Å². The van der Waals surface area contributed by atoms with E-state index in [1.165, 1.54) is 160 Å². The second-order valence-corrected chi connectivity index (χ2v) is 37.9. The molecule has 0 bridgehead atoms. The van der Waals surface area contributed by atoms with Gasteiger partial charge in [-0.1, -0.05) is 284 Å². The van der Waals surface area contributed by atoms with Crippen molar-refractivity contribution in [1.29, 1.82) is 0 Å². The Hall–Kier alpha value is -16.2. The van der Waals surface area contributed by atoms with Crippen molar-refractivity contribution in [3.05, 3.63) is 428 Å². The maximum absolute atomic E-state index is 5.90. The number of para-hydroxylation sites is 4. The van der Waals surface area contributed by atoms with Gasteiger partial charge in [-0.2, -0.15) is 0 Å². The molecule has 0 amide bonds. The van der Waals surface area contributed by atoms with E-state index in [1.54, 1.807) is 0 Å². The fraction of sp³-hybridized carbons (Fsp3) is 0.0732. The molecule has 0 radical (unpaired) electrons. The monoisotopic (exact) mass is 1660 g/mol. The van der Waals surface area contributed by atoms with Crippen molar-refractivity contribution in [1.82, 2.24) is 32.8 Å². The minimum absolute atomic E-state index is 0.113. The Morgan fingerprint density at radius 2 is 0.454 bits per heavy atom. The van der Waals surface area contributed by atoms with Crippen LogP contribution in [0, 0.1) is 0 Å². The van der Waals surface area contributed by atoms with Crippen LogP contribution in [-0.2, 0) is 16.2 Å². The van der Waals surface area contributed by atoms with E-state index in [0.717, 1.165) is 105 Å². The summed E-state index contributed by atoms with van der Waals surface area (Å²) in [5, 5.41) is 15.0. The van der Waals surface area contributed by atoms with Crippen LogP contribution >= 0.6 is 0 Å². The number of hydrogen-bond donors (Lipinski definition) is 0. The summed E-state index contributed by atoms with van der Waals surface area (Å²) in [6.07, 6.45) is 0. The van der Waals surface area contributed by atoms with Gasteiger partial charge in [0, 0.05) is 109 Å². The van der Waals surface area contributed by atoms with Crippen molar-refractivity contribution in [3.63, 3.8) is 0 Å². The summed E-state index contributed by atoms with van der Waals surface area (Å²) in [4.78, 5) is 11.7. The Balaban J connectivity index is 0.591. The molecule has 130 heavy (non-hydrogen) atoms. The molecule has 0 fully saturated rings. The van der Waals surface area contributed by atoms with Gasteiger partial charge >= 0.3 is 0 Å².